The average Bonchev–Trinajstić information content (AvgIpc) is 2.75. The van der Waals surface area contributed by atoms with E-state index in [0.29, 0.717) is 30.0 Å². The van der Waals surface area contributed by atoms with Gasteiger partial charge in [-0.3, -0.25) is 9.59 Å². The summed E-state index contributed by atoms with van der Waals surface area (Å²) in [7, 11) is 0. The van der Waals surface area contributed by atoms with Gasteiger partial charge in [-0.1, -0.05) is 12.1 Å². The number of carbonyl (C=O) groups is 2. The van der Waals surface area contributed by atoms with Crippen molar-refractivity contribution in [1.29, 1.82) is 0 Å². The highest BCUT2D eigenvalue weighted by molar-refractivity contribution is 6.04. The van der Waals surface area contributed by atoms with E-state index in [0.717, 1.165) is 11.3 Å². The highest BCUT2D eigenvalue weighted by Crippen LogP contribution is 2.17. The van der Waals surface area contributed by atoms with Crippen molar-refractivity contribution in [2.24, 2.45) is 0 Å². The van der Waals surface area contributed by atoms with Crippen molar-refractivity contribution < 1.29 is 18.7 Å². The molecule has 0 aliphatic rings. The van der Waals surface area contributed by atoms with Crippen LogP contribution >= 0.6 is 0 Å². The van der Waals surface area contributed by atoms with E-state index in [1.54, 1.807) is 60.7 Å². The van der Waals surface area contributed by atoms with Crippen molar-refractivity contribution in [3.05, 3.63) is 89.7 Å². The molecular formula is C24H23FN2O3. The highest BCUT2D eigenvalue weighted by atomic mass is 19.1. The average molecular weight is 406 g/mol. The lowest BCUT2D eigenvalue weighted by molar-refractivity contribution is -0.116. The molecule has 0 saturated carbocycles. The van der Waals surface area contributed by atoms with Crippen LogP contribution in [0, 0.1) is 5.82 Å². The maximum Gasteiger partial charge on any atom is 0.255 e. The smallest absolute Gasteiger partial charge is 0.255 e. The number of anilines is 2. The van der Waals surface area contributed by atoms with Crippen LogP contribution in [0.2, 0.25) is 0 Å². The fourth-order valence-corrected chi connectivity index (χ4v) is 2.84. The van der Waals surface area contributed by atoms with Crippen LogP contribution in [-0.4, -0.2) is 18.4 Å². The van der Waals surface area contributed by atoms with Crippen LogP contribution in [0.4, 0.5) is 15.8 Å². The molecule has 0 atom stereocenters. The summed E-state index contributed by atoms with van der Waals surface area (Å²) in [4.78, 5) is 24.5. The number of ether oxygens (including phenoxy) is 1. The Balaban J connectivity index is 1.50. The lowest BCUT2D eigenvalue weighted by atomic mass is 10.1. The molecule has 0 bridgehead atoms. The highest BCUT2D eigenvalue weighted by Gasteiger charge is 2.08. The third-order valence-electron chi connectivity index (χ3n) is 4.41. The Morgan fingerprint density at radius 1 is 0.833 bits per heavy atom. The van der Waals surface area contributed by atoms with Crippen LogP contribution < -0.4 is 15.4 Å². The molecule has 3 aromatic rings. The van der Waals surface area contributed by atoms with Crippen LogP contribution in [-0.2, 0) is 11.2 Å². The summed E-state index contributed by atoms with van der Waals surface area (Å²) in [5.74, 6) is 0.0594. The topological polar surface area (TPSA) is 67.4 Å². The monoisotopic (exact) mass is 406 g/mol. The Labute approximate surface area is 174 Å². The first-order valence-electron chi connectivity index (χ1n) is 9.72. The number of aryl methyl sites for hydroxylation is 1. The molecule has 0 fully saturated rings. The van der Waals surface area contributed by atoms with Gasteiger partial charge in [-0.05, 0) is 79.6 Å². The summed E-state index contributed by atoms with van der Waals surface area (Å²) < 4.78 is 18.3. The van der Waals surface area contributed by atoms with Gasteiger partial charge in [0.25, 0.3) is 5.91 Å². The maximum absolute atomic E-state index is 12.9. The molecule has 6 heteroatoms. The van der Waals surface area contributed by atoms with Crippen LogP contribution in [0.5, 0.6) is 5.75 Å². The Hall–Kier alpha value is -3.67. The van der Waals surface area contributed by atoms with Crippen LogP contribution in [0.15, 0.2) is 72.8 Å². The van der Waals surface area contributed by atoms with E-state index in [9.17, 15) is 14.0 Å². The largest absolute Gasteiger partial charge is 0.494 e. The lowest BCUT2D eigenvalue weighted by Gasteiger charge is -2.09. The summed E-state index contributed by atoms with van der Waals surface area (Å²) in [6.07, 6.45) is 0.806. The summed E-state index contributed by atoms with van der Waals surface area (Å²) in [6.45, 7) is 2.49. The van der Waals surface area contributed by atoms with Crippen molar-refractivity contribution in [3.63, 3.8) is 0 Å². The number of carbonyl (C=O) groups excluding carboxylic acids is 2. The fourth-order valence-electron chi connectivity index (χ4n) is 2.84. The summed E-state index contributed by atoms with van der Waals surface area (Å²) in [6, 6.07) is 19.9. The Kier molecular flexibility index (Phi) is 7.16. The summed E-state index contributed by atoms with van der Waals surface area (Å²) >= 11 is 0. The van der Waals surface area contributed by atoms with Gasteiger partial charge in [0.1, 0.15) is 11.6 Å². The van der Waals surface area contributed by atoms with E-state index < -0.39 is 0 Å². The molecule has 154 valence electrons. The second-order valence-electron chi connectivity index (χ2n) is 6.66. The van der Waals surface area contributed by atoms with E-state index >= 15 is 0 Å². The molecule has 0 heterocycles. The molecule has 0 spiro atoms. The minimum absolute atomic E-state index is 0.147. The molecule has 0 aromatic heterocycles. The second kappa shape index (κ2) is 10.2. The molecule has 0 aliphatic heterocycles. The molecule has 0 unspecified atom stereocenters. The molecule has 0 radical (unpaired) electrons. The number of rotatable bonds is 8. The van der Waals surface area contributed by atoms with Gasteiger partial charge in [0.15, 0.2) is 0 Å². The van der Waals surface area contributed by atoms with Gasteiger partial charge < -0.3 is 15.4 Å². The normalized spacial score (nSPS) is 10.3. The second-order valence-corrected chi connectivity index (χ2v) is 6.66. The number of nitrogens with one attached hydrogen (secondary N) is 2. The zero-order chi connectivity index (χ0) is 21.3. The van der Waals surface area contributed by atoms with Crippen molar-refractivity contribution in [1.82, 2.24) is 0 Å². The predicted molar refractivity (Wildman–Crippen MR) is 115 cm³/mol. The Morgan fingerprint density at radius 3 is 2.07 bits per heavy atom. The Bertz CT molecular complexity index is 984. The molecular weight excluding hydrogens is 383 g/mol. The molecule has 2 amide bonds. The van der Waals surface area contributed by atoms with Crippen LogP contribution in [0.25, 0.3) is 0 Å². The molecule has 5 nitrogen and oxygen atoms in total. The minimum Gasteiger partial charge on any atom is -0.494 e. The van der Waals surface area contributed by atoms with Crippen LogP contribution in [0.1, 0.15) is 29.3 Å². The predicted octanol–water partition coefficient (Wildman–Crippen LogP) is 5.05. The van der Waals surface area contributed by atoms with Gasteiger partial charge in [0.2, 0.25) is 5.91 Å². The number of halogens is 1. The first kappa shape index (κ1) is 21.0. The standard InChI is InChI=1S/C24H23FN2O3/c1-2-30-22-14-12-21(13-15-22)27-24(29)18-6-10-20(11-7-18)26-23(28)16-5-17-3-8-19(25)9-4-17/h3-4,6-15H,2,5,16H2,1H3,(H,26,28)(H,27,29). The minimum atomic E-state index is -0.296. The van der Waals surface area contributed by atoms with Gasteiger partial charge in [-0.2, -0.15) is 0 Å². The van der Waals surface area contributed by atoms with Gasteiger partial charge >= 0.3 is 0 Å². The Morgan fingerprint density at radius 2 is 1.43 bits per heavy atom. The van der Waals surface area contributed by atoms with E-state index in [2.05, 4.69) is 10.6 Å². The summed E-state index contributed by atoms with van der Waals surface area (Å²) in [5, 5.41) is 5.62. The number of amides is 2. The van der Waals surface area contributed by atoms with Gasteiger partial charge in [0, 0.05) is 23.4 Å². The zero-order valence-corrected chi connectivity index (χ0v) is 16.7. The van der Waals surface area contributed by atoms with Crippen molar-refractivity contribution in [3.8, 4) is 5.75 Å². The third kappa shape index (κ3) is 6.17. The van der Waals surface area contributed by atoms with E-state index in [1.165, 1.54) is 12.1 Å². The van der Waals surface area contributed by atoms with Gasteiger partial charge in [0.05, 0.1) is 6.61 Å². The molecule has 0 saturated heterocycles. The van der Waals surface area contributed by atoms with Crippen molar-refractivity contribution in [2.75, 3.05) is 17.2 Å². The number of hydrogen-bond acceptors (Lipinski definition) is 3. The van der Waals surface area contributed by atoms with E-state index in [1.807, 2.05) is 6.92 Å². The van der Waals surface area contributed by atoms with Gasteiger partial charge in [-0.15, -0.1) is 0 Å². The molecule has 2 N–H and O–H groups in total. The van der Waals surface area contributed by atoms with E-state index in [-0.39, 0.29) is 24.1 Å². The summed E-state index contributed by atoms with van der Waals surface area (Å²) in [5.41, 5.74) is 2.65. The maximum atomic E-state index is 12.9. The fraction of sp³-hybridized carbons (Fsp3) is 0.167. The molecule has 3 aromatic carbocycles. The van der Waals surface area contributed by atoms with Crippen LogP contribution in [0.3, 0.4) is 0 Å². The van der Waals surface area contributed by atoms with E-state index in [4.69, 9.17) is 4.74 Å². The van der Waals surface area contributed by atoms with Crippen molar-refractivity contribution >= 4 is 23.2 Å². The SMILES string of the molecule is CCOc1ccc(NC(=O)c2ccc(NC(=O)CCc3ccc(F)cc3)cc2)cc1. The lowest BCUT2D eigenvalue weighted by Crippen LogP contribution is -2.14. The third-order valence-corrected chi connectivity index (χ3v) is 4.41. The zero-order valence-electron chi connectivity index (χ0n) is 16.7. The molecule has 30 heavy (non-hydrogen) atoms. The number of hydrogen-bond donors (Lipinski definition) is 2. The quantitative estimate of drug-likeness (QED) is 0.550. The number of benzene rings is 3. The molecule has 3 rings (SSSR count). The first-order chi connectivity index (χ1) is 14.5. The molecule has 0 aliphatic carbocycles. The van der Waals surface area contributed by atoms with Gasteiger partial charge in [-0.25, -0.2) is 4.39 Å². The van der Waals surface area contributed by atoms with Crippen molar-refractivity contribution in [2.45, 2.75) is 19.8 Å². The first-order valence-corrected chi connectivity index (χ1v) is 9.72.